The number of hydrogen-bond acceptors (Lipinski definition) is 7. The van der Waals surface area contributed by atoms with Gasteiger partial charge in [0.05, 0.1) is 7.11 Å². The van der Waals surface area contributed by atoms with Crippen LogP contribution in [0.15, 0.2) is 24.3 Å². The van der Waals surface area contributed by atoms with E-state index in [2.05, 4.69) is 28.2 Å². The van der Waals surface area contributed by atoms with Gasteiger partial charge in [0, 0.05) is 12.1 Å². The normalized spacial score (nSPS) is 12.4. The van der Waals surface area contributed by atoms with Gasteiger partial charge in [0.1, 0.15) is 24.2 Å². The molecule has 0 fully saturated rings. The van der Waals surface area contributed by atoms with Crippen molar-refractivity contribution < 1.29 is 28.7 Å². The lowest BCUT2D eigenvalue weighted by Gasteiger charge is -2.35. The first kappa shape index (κ1) is 35.8. The summed E-state index contributed by atoms with van der Waals surface area (Å²) in [5.41, 5.74) is 0.155. The van der Waals surface area contributed by atoms with Gasteiger partial charge in [-0.05, 0) is 57.3 Å². The van der Waals surface area contributed by atoms with Crippen LogP contribution in [0.5, 0.6) is 0 Å². The van der Waals surface area contributed by atoms with Crippen LogP contribution in [0.25, 0.3) is 0 Å². The lowest BCUT2D eigenvalue weighted by molar-refractivity contribution is -0.144. The fourth-order valence-electron chi connectivity index (χ4n) is 4.22. The average molecular weight is 590 g/mol. The first-order valence-corrected chi connectivity index (χ1v) is 15.6. The number of esters is 1. The summed E-state index contributed by atoms with van der Waals surface area (Å²) in [5, 5.41) is 5.33. The van der Waals surface area contributed by atoms with Crippen molar-refractivity contribution in [2.24, 2.45) is 0 Å². The standard InChI is InChI=1S/C31H47N3O6S/c1-8-10-11-12-13-16-20-34(29(37)25(19-21-41-7)33-30(38)40-31(3,4)5)27(28(36)32-22-26(35)39-6)24-18-15-14-17-23(24)9-2/h2,14-15,17-18,25,27H,8,10-13,16,19-22H2,1,3-7H3,(H,32,36)(H,33,38). The molecule has 1 rings (SSSR count). The van der Waals surface area contributed by atoms with Crippen LogP contribution in [0.1, 0.15) is 89.8 Å². The summed E-state index contributed by atoms with van der Waals surface area (Å²) in [6.45, 7) is 7.27. The third-order valence-corrected chi connectivity index (χ3v) is 6.88. The second-order valence-electron chi connectivity index (χ2n) is 10.7. The van der Waals surface area contributed by atoms with Crippen LogP contribution in [-0.2, 0) is 23.9 Å². The molecule has 0 saturated carbocycles. The minimum atomic E-state index is -1.13. The second kappa shape index (κ2) is 19.0. The molecule has 0 bridgehead atoms. The Hall–Kier alpha value is -3.19. The molecule has 0 heterocycles. The maximum Gasteiger partial charge on any atom is 0.408 e. The van der Waals surface area contributed by atoms with Gasteiger partial charge in [-0.3, -0.25) is 14.4 Å². The summed E-state index contributed by atoms with van der Waals surface area (Å²) in [6, 6.07) is 4.84. The number of amides is 3. The highest BCUT2D eigenvalue weighted by Crippen LogP contribution is 2.27. The number of methoxy groups -OCH3 is 1. The molecular weight excluding hydrogens is 542 g/mol. The van der Waals surface area contributed by atoms with Crippen LogP contribution >= 0.6 is 11.8 Å². The number of nitrogens with zero attached hydrogens (tertiary/aromatic N) is 1. The molecule has 0 aliphatic carbocycles. The van der Waals surface area contributed by atoms with Gasteiger partial charge in [0.2, 0.25) is 11.8 Å². The van der Waals surface area contributed by atoms with E-state index in [1.54, 1.807) is 45.0 Å². The molecule has 0 spiro atoms. The van der Waals surface area contributed by atoms with Gasteiger partial charge in [0.25, 0.3) is 0 Å². The maximum absolute atomic E-state index is 14.3. The largest absolute Gasteiger partial charge is 0.468 e. The van der Waals surface area contributed by atoms with Crippen molar-refractivity contribution in [1.29, 1.82) is 0 Å². The van der Waals surface area contributed by atoms with Crippen molar-refractivity contribution >= 4 is 35.6 Å². The number of terminal acetylenes is 1. The second-order valence-corrected chi connectivity index (χ2v) is 11.7. The van der Waals surface area contributed by atoms with Crippen molar-refractivity contribution in [2.45, 2.75) is 90.3 Å². The molecule has 2 unspecified atom stereocenters. The summed E-state index contributed by atoms with van der Waals surface area (Å²) in [5.74, 6) is 1.58. The van der Waals surface area contributed by atoms with Crippen LogP contribution in [0.3, 0.4) is 0 Å². The van der Waals surface area contributed by atoms with Crippen LogP contribution in [-0.4, -0.2) is 72.6 Å². The van der Waals surface area contributed by atoms with Crippen LogP contribution in [0, 0.1) is 12.3 Å². The Balaban J connectivity index is 3.52. The van der Waals surface area contributed by atoms with E-state index in [0.717, 1.165) is 32.1 Å². The number of alkyl carbamates (subject to hydrolysis) is 1. The minimum absolute atomic E-state index is 0.256. The number of benzene rings is 1. The Morgan fingerprint density at radius 2 is 1.73 bits per heavy atom. The number of thioether (sulfide) groups is 1. The van der Waals surface area contributed by atoms with Gasteiger partial charge in [-0.25, -0.2) is 4.79 Å². The molecule has 0 saturated heterocycles. The Labute approximate surface area is 249 Å². The number of carbonyl (C=O) groups is 4. The lowest BCUT2D eigenvalue weighted by Crippen LogP contribution is -2.53. The van der Waals surface area contributed by atoms with Gasteiger partial charge >= 0.3 is 12.1 Å². The zero-order chi connectivity index (χ0) is 30.8. The van der Waals surface area contributed by atoms with E-state index in [0.29, 0.717) is 29.7 Å². The Morgan fingerprint density at radius 1 is 1.07 bits per heavy atom. The predicted octanol–water partition coefficient (Wildman–Crippen LogP) is 4.83. The molecule has 41 heavy (non-hydrogen) atoms. The topological polar surface area (TPSA) is 114 Å². The van der Waals surface area contributed by atoms with Gasteiger partial charge in [0.15, 0.2) is 0 Å². The van der Waals surface area contributed by atoms with E-state index in [-0.39, 0.29) is 13.1 Å². The molecule has 0 radical (unpaired) electrons. The van der Waals surface area contributed by atoms with E-state index >= 15 is 0 Å². The SMILES string of the molecule is C#Cc1ccccc1C(C(=O)NCC(=O)OC)N(CCCCCCCC)C(=O)C(CCSC)NC(=O)OC(C)(C)C. The van der Waals surface area contributed by atoms with E-state index in [4.69, 9.17) is 11.2 Å². The first-order valence-electron chi connectivity index (χ1n) is 14.2. The first-order chi connectivity index (χ1) is 19.5. The molecule has 1 aromatic rings. The van der Waals surface area contributed by atoms with Crippen LogP contribution in [0.2, 0.25) is 0 Å². The Bertz CT molecular complexity index is 1030. The molecule has 2 atom stereocenters. The summed E-state index contributed by atoms with van der Waals surface area (Å²) in [4.78, 5) is 54.0. The highest BCUT2D eigenvalue weighted by atomic mass is 32.2. The maximum atomic E-state index is 14.3. The number of rotatable bonds is 17. The average Bonchev–Trinajstić information content (AvgIpc) is 2.93. The van der Waals surface area contributed by atoms with Gasteiger partial charge in [-0.2, -0.15) is 11.8 Å². The molecule has 10 heteroatoms. The smallest absolute Gasteiger partial charge is 0.408 e. The van der Waals surface area contributed by atoms with Crippen LogP contribution < -0.4 is 10.6 Å². The quantitative estimate of drug-likeness (QED) is 0.152. The van der Waals surface area contributed by atoms with Gasteiger partial charge in [-0.15, -0.1) is 6.42 Å². The monoisotopic (exact) mass is 589 g/mol. The molecule has 2 N–H and O–H groups in total. The summed E-state index contributed by atoms with van der Waals surface area (Å²) < 4.78 is 10.1. The number of nitrogens with one attached hydrogen (secondary N) is 2. The zero-order valence-corrected chi connectivity index (χ0v) is 26.2. The molecule has 0 aromatic heterocycles. The summed E-state index contributed by atoms with van der Waals surface area (Å²) in [7, 11) is 1.23. The molecule has 0 aliphatic heterocycles. The van der Waals surface area contributed by atoms with E-state index in [9.17, 15) is 19.2 Å². The third-order valence-electron chi connectivity index (χ3n) is 6.24. The van der Waals surface area contributed by atoms with Crippen molar-refractivity contribution in [2.75, 3.05) is 32.2 Å². The fraction of sp³-hybridized carbons (Fsp3) is 0.613. The van der Waals surface area contributed by atoms with Crippen molar-refractivity contribution in [1.82, 2.24) is 15.5 Å². The number of carbonyl (C=O) groups excluding carboxylic acids is 4. The molecule has 0 aliphatic rings. The Morgan fingerprint density at radius 3 is 2.34 bits per heavy atom. The highest BCUT2D eigenvalue weighted by molar-refractivity contribution is 7.98. The number of unbranched alkanes of at least 4 members (excludes halogenated alkanes) is 5. The number of hydrogen-bond donors (Lipinski definition) is 2. The molecule has 3 amide bonds. The molecular formula is C31H47N3O6S. The Kier molecular flexibility index (Phi) is 16.6. The molecule has 9 nitrogen and oxygen atoms in total. The van der Waals surface area contributed by atoms with E-state index in [1.165, 1.54) is 23.8 Å². The minimum Gasteiger partial charge on any atom is -0.468 e. The van der Waals surface area contributed by atoms with Crippen LogP contribution in [0.4, 0.5) is 4.79 Å². The summed E-state index contributed by atoms with van der Waals surface area (Å²) >= 11 is 1.54. The van der Waals surface area contributed by atoms with Gasteiger partial charge in [-0.1, -0.05) is 63.1 Å². The van der Waals surface area contributed by atoms with Gasteiger partial charge < -0.3 is 25.0 Å². The third kappa shape index (κ3) is 13.3. The zero-order valence-electron chi connectivity index (χ0n) is 25.4. The predicted molar refractivity (Wildman–Crippen MR) is 163 cm³/mol. The number of ether oxygens (including phenoxy) is 2. The van der Waals surface area contributed by atoms with Crippen molar-refractivity contribution in [3.63, 3.8) is 0 Å². The van der Waals surface area contributed by atoms with E-state index in [1.807, 2.05) is 6.26 Å². The highest BCUT2D eigenvalue weighted by Gasteiger charge is 2.37. The van der Waals surface area contributed by atoms with Crippen molar-refractivity contribution in [3.05, 3.63) is 35.4 Å². The van der Waals surface area contributed by atoms with Crippen molar-refractivity contribution in [3.8, 4) is 12.3 Å². The lowest BCUT2D eigenvalue weighted by atomic mass is 9.97. The molecule has 228 valence electrons. The fourth-order valence-corrected chi connectivity index (χ4v) is 4.69. The summed E-state index contributed by atoms with van der Waals surface area (Å²) in [6.07, 6.45) is 13.2. The van der Waals surface area contributed by atoms with E-state index < -0.39 is 41.6 Å². The molecule has 1 aromatic carbocycles.